The average Bonchev–Trinajstić information content (AvgIpc) is 3.06. The SMILES string of the molecule is O=C(Cc1coc2ccc3ccccc3c12)Nc1ccccc1OC(F)F. The molecule has 0 radical (unpaired) electrons. The van der Waals surface area contributed by atoms with Crippen molar-refractivity contribution in [1.29, 1.82) is 0 Å². The number of carbonyl (C=O) groups is 1. The molecule has 1 N–H and O–H groups in total. The molecule has 4 nitrogen and oxygen atoms in total. The fourth-order valence-corrected chi connectivity index (χ4v) is 3.14. The largest absolute Gasteiger partial charge is 0.464 e. The highest BCUT2D eigenvalue weighted by Crippen LogP contribution is 2.31. The molecule has 6 heteroatoms. The topological polar surface area (TPSA) is 51.5 Å². The standard InChI is InChI=1S/C21H15F2NO3/c22-21(23)27-17-8-4-3-7-16(17)24-19(25)11-14-12-26-18-10-9-13-5-1-2-6-15(13)20(14)18/h1-10,12,21H,11H2,(H,24,25). The van der Waals surface area contributed by atoms with Crippen LogP contribution in [0.3, 0.4) is 0 Å². The van der Waals surface area contributed by atoms with E-state index in [1.807, 2.05) is 36.4 Å². The molecule has 4 aromatic rings. The van der Waals surface area contributed by atoms with Gasteiger partial charge in [0.1, 0.15) is 11.3 Å². The average molecular weight is 367 g/mol. The van der Waals surface area contributed by atoms with Crippen LogP contribution in [0.5, 0.6) is 5.75 Å². The van der Waals surface area contributed by atoms with Crippen molar-refractivity contribution in [2.24, 2.45) is 0 Å². The van der Waals surface area contributed by atoms with Crippen LogP contribution in [0.25, 0.3) is 21.7 Å². The van der Waals surface area contributed by atoms with Gasteiger partial charge in [-0.1, -0.05) is 42.5 Å². The summed E-state index contributed by atoms with van der Waals surface area (Å²) in [6.45, 7) is -2.97. The summed E-state index contributed by atoms with van der Waals surface area (Å²) >= 11 is 0. The Morgan fingerprint density at radius 2 is 1.81 bits per heavy atom. The molecule has 1 aromatic heterocycles. The third-order valence-corrected chi connectivity index (χ3v) is 4.27. The van der Waals surface area contributed by atoms with Gasteiger partial charge in [-0.3, -0.25) is 4.79 Å². The van der Waals surface area contributed by atoms with Crippen molar-refractivity contribution in [2.45, 2.75) is 13.0 Å². The van der Waals surface area contributed by atoms with E-state index in [-0.39, 0.29) is 23.8 Å². The van der Waals surface area contributed by atoms with Crippen LogP contribution in [0.4, 0.5) is 14.5 Å². The minimum absolute atomic E-state index is 0.0457. The molecule has 0 aliphatic heterocycles. The minimum Gasteiger partial charge on any atom is -0.464 e. The van der Waals surface area contributed by atoms with Crippen molar-refractivity contribution < 1.29 is 22.7 Å². The molecule has 27 heavy (non-hydrogen) atoms. The lowest BCUT2D eigenvalue weighted by Gasteiger charge is -2.11. The van der Waals surface area contributed by atoms with E-state index in [0.29, 0.717) is 5.58 Å². The molecule has 0 spiro atoms. The zero-order valence-electron chi connectivity index (χ0n) is 14.1. The fourth-order valence-electron chi connectivity index (χ4n) is 3.14. The summed E-state index contributed by atoms with van der Waals surface area (Å²) in [7, 11) is 0. The molecule has 0 saturated carbocycles. The zero-order chi connectivity index (χ0) is 18.8. The molecule has 136 valence electrons. The number of fused-ring (bicyclic) bond motifs is 3. The second kappa shape index (κ2) is 7.07. The van der Waals surface area contributed by atoms with Crippen LogP contribution in [0.15, 0.2) is 71.3 Å². The zero-order valence-corrected chi connectivity index (χ0v) is 14.1. The number of amides is 1. The highest BCUT2D eigenvalue weighted by atomic mass is 19.3. The Morgan fingerprint density at radius 1 is 1.04 bits per heavy atom. The van der Waals surface area contributed by atoms with Gasteiger partial charge in [0, 0.05) is 10.9 Å². The van der Waals surface area contributed by atoms with E-state index in [0.717, 1.165) is 21.7 Å². The summed E-state index contributed by atoms with van der Waals surface area (Å²) in [5.74, 6) is -0.431. The van der Waals surface area contributed by atoms with Gasteiger partial charge in [-0.2, -0.15) is 8.78 Å². The maximum absolute atomic E-state index is 12.5. The number of hydrogen-bond acceptors (Lipinski definition) is 3. The fraction of sp³-hybridized carbons (Fsp3) is 0.0952. The highest BCUT2D eigenvalue weighted by molar-refractivity contribution is 6.09. The third-order valence-electron chi connectivity index (χ3n) is 4.27. The summed E-state index contributed by atoms with van der Waals surface area (Å²) in [5.41, 5.74) is 1.62. The van der Waals surface area contributed by atoms with E-state index in [2.05, 4.69) is 10.1 Å². The van der Waals surface area contributed by atoms with Crippen molar-refractivity contribution in [2.75, 3.05) is 5.32 Å². The van der Waals surface area contributed by atoms with Gasteiger partial charge in [-0.05, 0) is 29.0 Å². The maximum Gasteiger partial charge on any atom is 0.387 e. The van der Waals surface area contributed by atoms with Crippen molar-refractivity contribution >= 4 is 33.3 Å². The normalized spacial score (nSPS) is 11.2. The van der Waals surface area contributed by atoms with Crippen LogP contribution in [0, 0.1) is 0 Å². The number of furan rings is 1. The highest BCUT2D eigenvalue weighted by Gasteiger charge is 2.15. The van der Waals surface area contributed by atoms with E-state index < -0.39 is 6.61 Å². The van der Waals surface area contributed by atoms with Gasteiger partial charge in [0.15, 0.2) is 0 Å². The lowest BCUT2D eigenvalue weighted by molar-refractivity contribution is -0.115. The van der Waals surface area contributed by atoms with Gasteiger partial charge < -0.3 is 14.5 Å². The number of hydrogen-bond donors (Lipinski definition) is 1. The van der Waals surface area contributed by atoms with Gasteiger partial charge in [0.05, 0.1) is 18.4 Å². The van der Waals surface area contributed by atoms with Crippen LogP contribution >= 0.6 is 0 Å². The van der Waals surface area contributed by atoms with Gasteiger partial charge >= 0.3 is 6.61 Å². The third kappa shape index (κ3) is 3.46. The Bertz CT molecular complexity index is 1120. The molecule has 3 aromatic carbocycles. The molecule has 0 bridgehead atoms. The molecule has 0 fully saturated rings. The Balaban J connectivity index is 1.62. The van der Waals surface area contributed by atoms with Crippen LogP contribution in [0.2, 0.25) is 0 Å². The second-order valence-electron chi connectivity index (χ2n) is 6.02. The van der Waals surface area contributed by atoms with E-state index in [1.165, 1.54) is 12.1 Å². The van der Waals surface area contributed by atoms with Gasteiger partial charge in [-0.25, -0.2) is 0 Å². The minimum atomic E-state index is -2.97. The van der Waals surface area contributed by atoms with E-state index in [1.54, 1.807) is 18.4 Å². The van der Waals surface area contributed by atoms with Crippen LogP contribution < -0.4 is 10.1 Å². The summed E-state index contributed by atoms with van der Waals surface area (Å²) in [4.78, 5) is 12.5. The Morgan fingerprint density at radius 3 is 2.67 bits per heavy atom. The van der Waals surface area contributed by atoms with E-state index >= 15 is 0 Å². The predicted molar refractivity (Wildman–Crippen MR) is 99.1 cm³/mol. The molecule has 1 heterocycles. The van der Waals surface area contributed by atoms with E-state index in [4.69, 9.17) is 4.42 Å². The Hall–Kier alpha value is -3.41. The van der Waals surface area contributed by atoms with Crippen molar-refractivity contribution in [3.8, 4) is 5.75 Å². The smallest absolute Gasteiger partial charge is 0.387 e. The molecule has 0 unspecified atom stereocenters. The molecule has 4 rings (SSSR count). The van der Waals surface area contributed by atoms with Crippen LogP contribution in [-0.2, 0) is 11.2 Å². The molecular weight excluding hydrogens is 352 g/mol. The number of ether oxygens (including phenoxy) is 1. The van der Waals surface area contributed by atoms with Crippen molar-refractivity contribution in [3.63, 3.8) is 0 Å². The lowest BCUT2D eigenvalue weighted by Crippen LogP contribution is -2.15. The Kier molecular flexibility index (Phi) is 4.46. The summed E-state index contributed by atoms with van der Waals surface area (Å²) in [6, 6.07) is 17.7. The number of halogens is 2. The van der Waals surface area contributed by atoms with Gasteiger partial charge in [-0.15, -0.1) is 0 Å². The molecule has 0 aliphatic rings. The van der Waals surface area contributed by atoms with Gasteiger partial charge in [0.2, 0.25) is 5.91 Å². The number of benzene rings is 3. The Labute approximate surface area is 153 Å². The number of rotatable bonds is 5. The summed E-state index contributed by atoms with van der Waals surface area (Å²) in [6.07, 6.45) is 1.60. The first-order chi connectivity index (χ1) is 13.1. The van der Waals surface area contributed by atoms with Crippen molar-refractivity contribution in [1.82, 2.24) is 0 Å². The number of alkyl halides is 2. The number of nitrogens with one attached hydrogen (secondary N) is 1. The second-order valence-corrected chi connectivity index (χ2v) is 6.02. The summed E-state index contributed by atoms with van der Waals surface area (Å²) in [5, 5.41) is 5.54. The van der Waals surface area contributed by atoms with E-state index in [9.17, 15) is 13.6 Å². The molecule has 0 atom stereocenters. The molecule has 0 aliphatic carbocycles. The first-order valence-electron chi connectivity index (χ1n) is 8.33. The van der Waals surface area contributed by atoms with Crippen LogP contribution in [0.1, 0.15) is 5.56 Å². The molecule has 0 saturated heterocycles. The molecule has 1 amide bonds. The first kappa shape index (κ1) is 17.0. The number of anilines is 1. The van der Waals surface area contributed by atoms with Crippen LogP contribution in [-0.4, -0.2) is 12.5 Å². The monoisotopic (exact) mass is 367 g/mol. The quantitative estimate of drug-likeness (QED) is 0.516. The van der Waals surface area contributed by atoms with Crippen molar-refractivity contribution in [3.05, 3.63) is 72.5 Å². The number of para-hydroxylation sites is 2. The predicted octanol–water partition coefficient (Wildman–Crippen LogP) is 5.37. The molecular formula is C21H15F2NO3. The summed E-state index contributed by atoms with van der Waals surface area (Å²) < 4.78 is 35.1. The lowest BCUT2D eigenvalue weighted by atomic mass is 10.0. The first-order valence-corrected chi connectivity index (χ1v) is 8.33. The van der Waals surface area contributed by atoms with Gasteiger partial charge in [0.25, 0.3) is 0 Å². The maximum atomic E-state index is 12.5. The number of carbonyl (C=O) groups excluding carboxylic acids is 1.